The number of benzene rings is 1. The molecule has 0 bridgehead atoms. The molecule has 2 N–H and O–H groups in total. The molecule has 0 fully saturated rings. The molecule has 19 heavy (non-hydrogen) atoms. The number of aliphatic hydroxyl groups is 1. The standard InChI is InChI=1S/C13H13N3O2S/c17-6-2-4-11-3-1-5-12(9-11)18-7-8-19-13-14-10-15-16-13/h1,3,5,9-10,17H,6-8H2,(H,14,15,16). The van der Waals surface area contributed by atoms with Crippen LogP contribution in [0.25, 0.3) is 0 Å². The van der Waals surface area contributed by atoms with Crippen molar-refractivity contribution >= 4 is 11.8 Å². The van der Waals surface area contributed by atoms with E-state index in [0.29, 0.717) is 6.61 Å². The molecule has 2 aromatic rings. The van der Waals surface area contributed by atoms with Gasteiger partial charge < -0.3 is 9.84 Å². The summed E-state index contributed by atoms with van der Waals surface area (Å²) < 4.78 is 5.61. The normalized spacial score (nSPS) is 9.74. The fourth-order valence-corrected chi connectivity index (χ4v) is 1.97. The minimum absolute atomic E-state index is 0.140. The summed E-state index contributed by atoms with van der Waals surface area (Å²) >= 11 is 1.55. The fourth-order valence-electron chi connectivity index (χ4n) is 1.37. The van der Waals surface area contributed by atoms with E-state index in [2.05, 4.69) is 27.0 Å². The topological polar surface area (TPSA) is 71.0 Å². The molecule has 2 rings (SSSR count). The van der Waals surface area contributed by atoms with E-state index in [1.54, 1.807) is 11.8 Å². The van der Waals surface area contributed by atoms with Crippen molar-refractivity contribution in [2.24, 2.45) is 0 Å². The van der Waals surface area contributed by atoms with Crippen LogP contribution in [0.2, 0.25) is 0 Å². The van der Waals surface area contributed by atoms with Gasteiger partial charge in [0.05, 0.1) is 6.61 Å². The Morgan fingerprint density at radius 2 is 2.37 bits per heavy atom. The minimum atomic E-state index is -0.140. The number of ether oxygens (including phenoxy) is 1. The highest BCUT2D eigenvalue weighted by Gasteiger charge is 1.98. The van der Waals surface area contributed by atoms with E-state index in [-0.39, 0.29) is 6.61 Å². The first-order chi connectivity index (χ1) is 9.38. The second-order valence-corrected chi connectivity index (χ2v) is 4.56. The molecule has 98 valence electrons. The number of nitrogens with zero attached hydrogens (tertiary/aromatic N) is 2. The summed E-state index contributed by atoms with van der Waals surface area (Å²) in [5.74, 6) is 6.99. The first-order valence-corrected chi connectivity index (χ1v) is 6.68. The number of aromatic nitrogens is 3. The second-order valence-electron chi connectivity index (χ2n) is 3.48. The number of thioether (sulfide) groups is 1. The molecule has 0 spiro atoms. The zero-order valence-corrected chi connectivity index (χ0v) is 11.0. The van der Waals surface area contributed by atoms with Crippen molar-refractivity contribution in [3.8, 4) is 17.6 Å². The molecule has 0 saturated heterocycles. The molecule has 0 radical (unpaired) electrons. The van der Waals surface area contributed by atoms with Gasteiger partial charge in [0.25, 0.3) is 0 Å². The monoisotopic (exact) mass is 275 g/mol. The third-order valence-electron chi connectivity index (χ3n) is 2.13. The summed E-state index contributed by atoms with van der Waals surface area (Å²) in [4.78, 5) is 4.01. The van der Waals surface area contributed by atoms with Gasteiger partial charge in [-0.3, -0.25) is 5.10 Å². The van der Waals surface area contributed by atoms with Crippen LogP contribution < -0.4 is 4.74 Å². The van der Waals surface area contributed by atoms with Crippen LogP contribution in [0.1, 0.15) is 5.56 Å². The summed E-state index contributed by atoms with van der Waals surface area (Å²) in [5.41, 5.74) is 0.828. The molecule has 5 nitrogen and oxygen atoms in total. The largest absolute Gasteiger partial charge is 0.493 e. The number of nitrogens with one attached hydrogen (secondary N) is 1. The summed E-state index contributed by atoms with van der Waals surface area (Å²) in [7, 11) is 0. The van der Waals surface area contributed by atoms with Crippen LogP contribution in [0.5, 0.6) is 5.75 Å². The summed E-state index contributed by atoms with van der Waals surface area (Å²) in [6.07, 6.45) is 1.48. The van der Waals surface area contributed by atoms with Crippen molar-refractivity contribution < 1.29 is 9.84 Å². The number of hydrogen-bond acceptors (Lipinski definition) is 5. The maximum absolute atomic E-state index is 8.64. The molecule has 6 heteroatoms. The van der Waals surface area contributed by atoms with Crippen molar-refractivity contribution in [1.29, 1.82) is 0 Å². The van der Waals surface area contributed by atoms with Crippen LogP contribution in [0.3, 0.4) is 0 Å². The van der Waals surface area contributed by atoms with Crippen molar-refractivity contribution in [3.63, 3.8) is 0 Å². The van der Waals surface area contributed by atoms with Crippen LogP contribution >= 0.6 is 11.8 Å². The van der Waals surface area contributed by atoms with Gasteiger partial charge in [0, 0.05) is 11.3 Å². The van der Waals surface area contributed by atoms with Gasteiger partial charge in [0.1, 0.15) is 18.7 Å². The Morgan fingerprint density at radius 3 is 3.16 bits per heavy atom. The Balaban J connectivity index is 1.79. The smallest absolute Gasteiger partial charge is 0.183 e. The van der Waals surface area contributed by atoms with Gasteiger partial charge in [0.15, 0.2) is 5.16 Å². The summed E-state index contributed by atoms with van der Waals surface area (Å²) in [6, 6.07) is 7.48. The highest BCUT2D eigenvalue weighted by atomic mass is 32.2. The first-order valence-electron chi connectivity index (χ1n) is 5.69. The number of H-pyrrole nitrogens is 1. The van der Waals surface area contributed by atoms with E-state index in [0.717, 1.165) is 22.2 Å². The number of rotatable bonds is 5. The van der Waals surface area contributed by atoms with Crippen LogP contribution in [0.15, 0.2) is 35.7 Å². The number of aliphatic hydroxyl groups excluding tert-OH is 1. The molecule has 1 aromatic heterocycles. The van der Waals surface area contributed by atoms with Crippen molar-refractivity contribution in [3.05, 3.63) is 36.2 Å². The lowest BCUT2D eigenvalue weighted by atomic mass is 10.2. The predicted octanol–water partition coefficient (Wildman–Crippen LogP) is 1.32. The maximum Gasteiger partial charge on any atom is 0.183 e. The third kappa shape index (κ3) is 4.66. The van der Waals surface area contributed by atoms with E-state index in [4.69, 9.17) is 9.84 Å². The molecule has 1 heterocycles. The predicted molar refractivity (Wildman–Crippen MR) is 73.0 cm³/mol. The summed E-state index contributed by atoms with van der Waals surface area (Å²) in [6.45, 7) is 0.432. The Labute approximate surface area is 115 Å². The number of aromatic amines is 1. The SMILES string of the molecule is OCC#Cc1cccc(OCCSc2ncn[nH]2)c1. The van der Waals surface area contributed by atoms with Gasteiger partial charge >= 0.3 is 0 Å². The Morgan fingerprint density at radius 1 is 1.42 bits per heavy atom. The number of hydrogen-bond donors (Lipinski definition) is 2. The average molecular weight is 275 g/mol. The van der Waals surface area contributed by atoms with Crippen LogP contribution in [-0.4, -0.2) is 39.3 Å². The lowest BCUT2D eigenvalue weighted by Crippen LogP contribution is -2.00. The zero-order chi connectivity index (χ0) is 13.3. The van der Waals surface area contributed by atoms with Gasteiger partial charge in [-0.15, -0.1) is 0 Å². The summed E-state index contributed by atoms with van der Waals surface area (Å²) in [5, 5.41) is 16.0. The van der Waals surface area contributed by atoms with E-state index >= 15 is 0 Å². The second kappa shape index (κ2) is 7.46. The van der Waals surface area contributed by atoms with Gasteiger partial charge in [-0.25, -0.2) is 4.98 Å². The first kappa shape index (κ1) is 13.5. The molecule has 0 unspecified atom stereocenters. The Hall–Kier alpha value is -1.97. The zero-order valence-electron chi connectivity index (χ0n) is 10.2. The lowest BCUT2D eigenvalue weighted by Gasteiger charge is -2.05. The molecule has 1 aromatic carbocycles. The Bertz CT molecular complexity index is 561. The molecule has 0 saturated carbocycles. The van der Waals surface area contributed by atoms with Gasteiger partial charge in [0.2, 0.25) is 0 Å². The van der Waals surface area contributed by atoms with E-state index in [1.165, 1.54) is 6.33 Å². The molecule has 0 aliphatic heterocycles. The molecular weight excluding hydrogens is 262 g/mol. The lowest BCUT2D eigenvalue weighted by molar-refractivity contribution is 0.343. The average Bonchev–Trinajstić information content (AvgIpc) is 2.95. The quantitative estimate of drug-likeness (QED) is 0.489. The van der Waals surface area contributed by atoms with E-state index < -0.39 is 0 Å². The van der Waals surface area contributed by atoms with Crippen molar-refractivity contribution in [2.75, 3.05) is 19.0 Å². The van der Waals surface area contributed by atoms with Crippen molar-refractivity contribution in [1.82, 2.24) is 15.2 Å². The fraction of sp³-hybridized carbons (Fsp3) is 0.231. The highest BCUT2D eigenvalue weighted by molar-refractivity contribution is 7.99. The van der Waals surface area contributed by atoms with E-state index in [1.807, 2.05) is 24.3 Å². The maximum atomic E-state index is 8.64. The highest BCUT2D eigenvalue weighted by Crippen LogP contribution is 2.14. The van der Waals surface area contributed by atoms with Crippen LogP contribution in [0.4, 0.5) is 0 Å². The Kier molecular flexibility index (Phi) is 5.29. The van der Waals surface area contributed by atoms with Gasteiger partial charge in [-0.05, 0) is 18.2 Å². The molecular formula is C13H13N3O2S. The van der Waals surface area contributed by atoms with Gasteiger partial charge in [-0.1, -0.05) is 29.7 Å². The molecule has 0 atom stereocenters. The van der Waals surface area contributed by atoms with Crippen LogP contribution in [0, 0.1) is 11.8 Å². The van der Waals surface area contributed by atoms with E-state index in [9.17, 15) is 0 Å². The van der Waals surface area contributed by atoms with Crippen molar-refractivity contribution in [2.45, 2.75) is 5.16 Å². The minimum Gasteiger partial charge on any atom is -0.493 e. The molecule has 0 aliphatic rings. The third-order valence-corrected chi connectivity index (χ3v) is 2.97. The molecule has 0 amide bonds. The molecule has 0 aliphatic carbocycles. The van der Waals surface area contributed by atoms with Crippen LogP contribution in [-0.2, 0) is 0 Å². The van der Waals surface area contributed by atoms with Gasteiger partial charge in [-0.2, -0.15) is 5.10 Å².